The number of aliphatic hydroxyl groups excluding tert-OH is 1. The van der Waals surface area contributed by atoms with Gasteiger partial charge in [-0.2, -0.15) is 0 Å². The zero-order valence-electron chi connectivity index (χ0n) is 11.0. The Balaban J connectivity index is 2.84. The first-order valence-corrected chi connectivity index (χ1v) is 5.83. The minimum absolute atomic E-state index is 0.0234. The molecule has 1 unspecified atom stereocenters. The van der Waals surface area contributed by atoms with Gasteiger partial charge >= 0.3 is 0 Å². The lowest BCUT2D eigenvalue weighted by Crippen LogP contribution is -2.49. The molecular weight excluding hydrogens is 214 g/mol. The Morgan fingerprint density at radius 3 is 2.35 bits per heavy atom. The molecule has 1 atom stereocenters. The summed E-state index contributed by atoms with van der Waals surface area (Å²) in [7, 11) is 1.73. The molecule has 1 amide bonds. The lowest BCUT2D eigenvalue weighted by Gasteiger charge is -2.35. The summed E-state index contributed by atoms with van der Waals surface area (Å²) in [5, 5.41) is 9.27. The van der Waals surface area contributed by atoms with Gasteiger partial charge in [-0.05, 0) is 26.3 Å². The fourth-order valence-electron chi connectivity index (χ4n) is 1.58. The second-order valence-electron chi connectivity index (χ2n) is 5.00. The van der Waals surface area contributed by atoms with Gasteiger partial charge in [0.2, 0.25) is 5.91 Å². The Kier molecular flexibility index (Phi) is 4.29. The van der Waals surface area contributed by atoms with E-state index in [2.05, 4.69) is 0 Å². The molecular formula is C14H21NO2. The van der Waals surface area contributed by atoms with Crippen LogP contribution >= 0.6 is 0 Å². The zero-order chi connectivity index (χ0) is 13.1. The number of carbonyl (C=O) groups excluding carboxylic acids is 1. The van der Waals surface area contributed by atoms with E-state index in [4.69, 9.17) is 0 Å². The summed E-state index contributed by atoms with van der Waals surface area (Å²) in [5.41, 5.74) is 0.471. The van der Waals surface area contributed by atoms with Crippen LogP contribution in [0.5, 0.6) is 0 Å². The van der Waals surface area contributed by atoms with Gasteiger partial charge < -0.3 is 10.0 Å². The van der Waals surface area contributed by atoms with Crippen LogP contribution in [0.25, 0.3) is 0 Å². The standard InChI is InChI=1S/C14H21NO2/c1-11(12-8-6-5-7-9-12)13(17)15(4)14(2,3)10-16/h5-9,11,16H,10H2,1-4H3. The average molecular weight is 235 g/mol. The van der Waals surface area contributed by atoms with Crippen molar-refractivity contribution in [3.05, 3.63) is 35.9 Å². The maximum absolute atomic E-state index is 12.3. The maximum atomic E-state index is 12.3. The third kappa shape index (κ3) is 3.07. The van der Waals surface area contributed by atoms with E-state index in [-0.39, 0.29) is 18.4 Å². The van der Waals surface area contributed by atoms with Crippen LogP contribution < -0.4 is 0 Å². The van der Waals surface area contributed by atoms with Crippen LogP contribution in [0.2, 0.25) is 0 Å². The molecule has 17 heavy (non-hydrogen) atoms. The summed E-state index contributed by atoms with van der Waals surface area (Å²) in [5.74, 6) is -0.165. The molecule has 1 aromatic rings. The Morgan fingerprint density at radius 1 is 1.35 bits per heavy atom. The topological polar surface area (TPSA) is 40.5 Å². The van der Waals surface area contributed by atoms with E-state index >= 15 is 0 Å². The highest BCUT2D eigenvalue weighted by molar-refractivity contribution is 5.83. The summed E-state index contributed by atoms with van der Waals surface area (Å²) in [6.07, 6.45) is 0. The van der Waals surface area contributed by atoms with E-state index in [1.54, 1.807) is 11.9 Å². The SMILES string of the molecule is CC(C(=O)N(C)C(C)(C)CO)c1ccccc1. The predicted molar refractivity (Wildman–Crippen MR) is 68.8 cm³/mol. The highest BCUT2D eigenvalue weighted by atomic mass is 16.3. The molecule has 0 saturated carbocycles. The van der Waals surface area contributed by atoms with E-state index in [0.717, 1.165) is 5.56 Å². The summed E-state index contributed by atoms with van der Waals surface area (Å²) in [6, 6.07) is 9.68. The summed E-state index contributed by atoms with van der Waals surface area (Å²) in [4.78, 5) is 13.9. The van der Waals surface area contributed by atoms with Crippen LogP contribution in [0, 0.1) is 0 Å². The molecule has 1 N–H and O–H groups in total. The molecule has 0 aliphatic rings. The fraction of sp³-hybridized carbons (Fsp3) is 0.500. The second kappa shape index (κ2) is 5.32. The summed E-state index contributed by atoms with van der Waals surface area (Å²) < 4.78 is 0. The number of amides is 1. The number of carbonyl (C=O) groups is 1. The van der Waals surface area contributed by atoms with Crippen molar-refractivity contribution in [2.24, 2.45) is 0 Å². The highest BCUT2D eigenvalue weighted by Gasteiger charge is 2.30. The number of likely N-dealkylation sites (N-methyl/N-ethyl adjacent to an activating group) is 1. The molecule has 0 heterocycles. The molecule has 0 fully saturated rings. The van der Waals surface area contributed by atoms with Crippen LogP contribution in [-0.4, -0.2) is 35.1 Å². The van der Waals surface area contributed by atoms with E-state index < -0.39 is 5.54 Å². The minimum atomic E-state index is -0.528. The van der Waals surface area contributed by atoms with E-state index in [1.807, 2.05) is 51.1 Å². The van der Waals surface area contributed by atoms with E-state index in [0.29, 0.717) is 0 Å². The fourth-order valence-corrected chi connectivity index (χ4v) is 1.58. The summed E-state index contributed by atoms with van der Waals surface area (Å²) in [6.45, 7) is 5.55. The molecule has 0 radical (unpaired) electrons. The number of rotatable bonds is 4. The smallest absolute Gasteiger partial charge is 0.230 e. The van der Waals surface area contributed by atoms with Gasteiger partial charge in [-0.25, -0.2) is 0 Å². The van der Waals surface area contributed by atoms with Crippen molar-refractivity contribution in [1.82, 2.24) is 4.90 Å². The number of benzene rings is 1. The third-order valence-electron chi connectivity index (χ3n) is 3.30. The highest BCUT2D eigenvalue weighted by Crippen LogP contribution is 2.21. The van der Waals surface area contributed by atoms with Crippen molar-refractivity contribution in [1.29, 1.82) is 0 Å². The van der Waals surface area contributed by atoms with Crippen LogP contribution in [0.3, 0.4) is 0 Å². The van der Waals surface area contributed by atoms with Gasteiger partial charge in [-0.15, -0.1) is 0 Å². The van der Waals surface area contributed by atoms with Gasteiger partial charge in [0.25, 0.3) is 0 Å². The third-order valence-corrected chi connectivity index (χ3v) is 3.30. The van der Waals surface area contributed by atoms with Crippen LogP contribution in [0.4, 0.5) is 0 Å². The quantitative estimate of drug-likeness (QED) is 0.867. The normalized spacial score (nSPS) is 13.2. The van der Waals surface area contributed by atoms with E-state index in [9.17, 15) is 9.90 Å². The molecule has 0 aromatic heterocycles. The van der Waals surface area contributed by atoms with Crippen LogP contribution in [0.1, 0.15) is 32.3 Å². The van der Waals surface area contributed by atoms with Crippen molar-refractivity contribution in [2.45, 2.75) is 32.2 Å². The molecule has 0 spiro atoms. The first-order valence-electron chi connectivity index (χ1n) is 5.83. The summed E-state index contributed by atoms with van der Waals surface area (Å²) >= 11 is 0. The van der Waals surface area contributed by atoms with Gasteiger partial charge in [-0.1, -0.05) is 30.3 Å². The van der Waals surface area contributed by atoms with Crippen LogP contribution in [-0.2, 0) is 4.79 Å². The monoisotopic (exact) mass is 235 g/mol. The first kappa shape index (κ1) is 13.7. The van der Waals surface area contributed by atoms with Gasteiger partial charge in [0.1, 0.15) is 0 Å². The van der Waals surface area contributed by atoms with Crippen molar-refractivity contribution in [2.75, 3.05) is 13.7 Å². The molecule has 3 heteroatoms. The number of hydrogen-bond donors (Lipinski definition) is 1. The van der Waals surface area contributed by atoms with E-state index in [1.165, 1.54) is 0 Å². The molecule has 0 aliphatic carbocycles. The Morgan fingerprint density at radius 2 is 1.88 bits per heavy atom. The minimum Gasteiger partial charge on any atom is -0.394 e. The number of nitrogens with zero attached hydrogens (tertiary/aromatic N) is 1. The van der Waals surface area contributed by atoms with Gasteiger partial charge in [0.15, 0.2) is 0 Å². The molecule has 94 valence electrons. The van der Waals surface area contributed by atoms with Crippen molar-refractivity contribution >= 4 is 5.91 Å². The lowest BCUT2D eigenvalue weighted by atomic mass is 9.96. The number of hydrogen-bond acceptors (Lipinski definition) is 2. The van der Waals surface area contributed by atoms with Crippen molar-refractivity contribution in [3.8, 4) is 0 Å². The zero-order valence-corrected chi connectivity index (χ0v) is 11.0. The first-order chi connectivity index (χ1) is 7.90. The lowest BCUT2D eigenvalue weighted by molar-refractivity contribution is -0.137. The largest absolute Gasteiger partial charge is 0.394 e. The van der Waals surface area contributed by atoms with Gasteiger partial charge in [-0.3, -0.25) is 4.79 Å². The molecule has 1 aromatic carbocycles. The Hall–Kier alpha value is -1.35. The average Bonchev–Trinajstić information content (AvgIpc) is 2.37. The maximum Gasteiger partial charge on any atom is 0.230 e. The van der Waals surface area contributed by atoms with Crippen molar-refractivity contribution in [3.63, 3.8) is 0 Å². The predicted octanol–water partition coefficient (Wildman–Crippen LogP) is 2.02. The molecule has 0 aliphatic heterocycles. The molecule has 1 rings (SSSR count). The van der Waals surface area contributed by atoms with Crippen LogP contribution in [0.15, 0.2) is 30.3 Å². The second-order valence-corrected chi connectivity index (χ2v) is 5.00. The Labute approximate surface area is 103 Å². The molecule has 0 saturated heterocycles. The molecule has 3 nitrogen and oxygen atoms in total. The Bertz CT molecular complexity index is 373. The van der Waals surface area contributed by atoms with Gasteiger partial charge in [0.05, 0.1) is 18.1 Å². The number of aliphatic hydroxyl groups is 1. The van der Waals surface area contributed by atoms with Crippen molar-refractivity contribution < 1.29 is 9.90 Å². The van der Waals surface area contributed by atoms with Gasteiger partial charge in [0, 0.05) is 7.05 Å². The molecule has 0 bridgehead atoms.